The Morgan fingerprint density at radius 3 is 3.00 bits per heavy atom. The quantitative estimate of drug-likeness (QED) is 0.634. The second-order valence-corrected chi connectivity index (χ2v) is 3.94. The van der Waals surface area contributed by atoms with Crippen molar-refractivity contribution in [2.75, 3.05) is 12.3 Å². The van der Waals surface area contributed by atoms with Gasteiger partial charge in [-0.05, 0) is 19.1 Å². The van der Waals surface area contributed by atoms with Crippen LogP contribution in [0.5, 0.6) is 5.75 Å². The molecule has 6 heteroatoms. The molecular formula is C12H12N4O2. The summed E-state index contributed by atoms with van der Waals surface area (Å²) in [7, 11) is 0. The van der Waals surface area contributed by atoms with Crippen LogP contribution in [0.25, 0.3) is 21.9 Å². The van der Waals surface area contributed by atoms with E-state index >= 15 is 0 Å². The Bertz CT molecular complexity index is 788. The standard InChI is InChI=1S/C12H12N4O2/c1-2-18-6-3-4-7-8(5-6)14-10-9(7)11(17)16-12(13)15-10/h3-5H,2H2,1H3,(H4,13,14,15,16,17). The summed E-state index contributed by atoms with van der Waals surface area (Å²) in [6.45, 7) is 2.51. The van der Waals surface area contributed by atoms with Crippen molar-refractivity contribution in [3.8, 4) is 5.75 Å². The SMILES string of the molecule is CCOc1ccc2c(c1)[nH]c1nc(N)[nH]c(=O)c12. The predicted octanol–water partition coefficient (Wildman–Crippen LogP) is 1.39. The molecule has 92 valence electrons. The highest BCUT2D eigenvalue weighted by molar-refractivity contribution is 6.05. The maximum absolute atomic E-state index is 11.9. The third kappa shape index (κ3) is 1.50. The van der Waals surface area contributed by atoms with Gasteiger partial charge in [0.25, 0.3) is 5.56 Å². The fourth-order valence-electron chi connectivity index (χ4n) is 2.06. The van der Waals surface area contributed by atoms with Gasteiger partial charge in [-0.3, -0.25) is 9.78 Å². The number of nitrogens with two attached hydrogens (primary N) is 1. The summed E-state index contributed by atoms with van der Waals surface area (Å²) in [5, 5.41) is 1.32. The van der Waals surface area contributed by atoms with Crippen LogP contribution in [0.4, 0.5) is 5.95 Å². The molecule has 3 aromatic rings. The van der Waals surface area contributed by atoms with E-state index in [0.717, 1.165) is 16.7 Å². The molecule has 0 aliphatic heterocycles. The van der Waals surface area contributed by atoms with Gasteiger partial charge >= 0.3 is 0 Å². The Hall–Kier alpha value is -2.50. The van der Waals surface area contributed by atoms with Gasteiger partial charge in [-0.1, -0.05) is 0 Å². The highest BCUT2D eigenvalue weighted by Crippen LogP contribution is 2.25. The number of fused-ring (bicyclic) bond motifs is 3. The van der Waals surface area contributed by atoms with Crippen molar-refractivity contribution in [3.05, 3.63) is 28.6 Å². The maximum atomic E-state index is 11.9. The molecule has 0 bridgehead atoms. The fraction of sp³-hybridized carbons (Fsp3) is 0.167. The van der Waals surface area contributed by atoms with Gasteiger partial charge in [0.15, 0.2) is 0 Å². The van der Waals surface area contributed by atoms with Crippen molar-refractivity contribution < 1.29 is 4.74 Å². The number of aromatic nitrogens is 3. The Morgan fingerprint density at radius 1 is 1.39 bits per heavy atom. The van der Waals surface area contributed by atoms with Gasteiger partial charge in [-0.2, -0.15) is 4.98 Å². The summed E-state index contributed by atoms with van der Waals surface area (Å²) in [6.07, 6.45) is 0. The van der Waals surface area contributed by atoms with Crippen molar-refractivity contribution in [2.24, 2.45) is 0 Å². The number of aromatic amines is 2. The lowest BCUT2D eigenvalue weighted by Crippen LogP contribution is -2.10. The molecule has 0 radical (unpaired) electrons. The van der Waals surface area contributed by atoms with Crippen LogP contribution in [0.2, 0.25) is 0 Å². The van der Waals surface area contributed by atoms with Crippen molar-refractivity contribution in [2.45, 2.75) is 6.92 Å². The first kappa shape index (κ1) is 10.6. The van der Waals surface area contributed by atoms with Crippen LogP contribution >= 0.6 is 0 Å². The number of hydrogen-bond donors (Lipinski definition) is 3. The van der Waals surface area contributed by atoms with Crippen molar-refractivity contribution in [3.63, 3.8) is 0 Å². The van der Waals surface area contributed by atoms with Gasteiger partial charge in [0.1, 0.15) is 11.4 Å². The van der Waals surface area contributed by atoms with Gasteiger partial charge in [0.2, 0.25) is 5.95 Å². The van der Waals surface area contributed by atoms with E-state index in [1.54, 1.807) is 0 Å². The van der Waals surface area contributed by atoms with Gasteiger partial charge < -0.3 is 15.5 Å². The minimum atomic E-state index is -0.243. The largest absolute Gasteiger partial charge is 0.494 e. The average Bonchev–Trinajstić information content (AvgIpc) is 2.66. The molecule has 0 fully saturated rings. The zero-order valence-electron chi connectivity index (χ0n) is 9.78. The summed E-state index contributed by atoms with van der Waals surface area (Å²) >= 11 is 0. The smallest absolute Gasteiger partial charge is 0.262 e. The van der Waals surface area contributed by atoms with E-state index in [1.807, 2.05) is 25.1 Å². The van der Waals surface area contributed by atoms with E-state index in [4.69, 9.17) is 10.5 Å². The molecule has 0 aliphatic rings. The van der Waals surface area contributed by atoms with E-state index in [0.29, 0.717) is 17.6 Å². The molecule has 2 aromatic heterocycles. The van der Waals surface area contributed by atoms with Gasteiger partial charge in [0.05, 0.1) is 17.5 Å². The number of anilines is 1. The summed E-state index contributed by atoms with van der Waals surface area (Å²) in [6, 6.07) is 5.51. The summed E-state index contributed by atoms with van der Waals surface area (Å²) in [5.74, 6) is 0.852. The van der Waals surface area contributed by atoms with Crippen LogP contribution in [-0.4, -0.2) is 21.6 Å². The summed E-state index contributed by atoms with van der Waals surface area (Å²) < 4.78 is 5.41. The monoisotopic (exact) mass is 244 g/mol. The van der Waals surface area contributed by atoms with Crippen molar-refractivity contribution >= 4 is 27.9 Å². The van der Waals surface area contributed by atoms with Gasteiger partial charge in [0, 0.05) is 11.5 Å². The molecule has 0 amide bonds. The van der Waals surface area contributed by atoms with Crippen LogP contribution in [0.15, 0.2) is 23.0 Å². The molecule has 0 atom stereocenters. The number of rotatable bonds is 2. The normalized spacial score (nSPS) is 11.2. The molecule has 0 unspecified atom stereocenters. The lowest BCUT2D eigenvalue weighted by molar-refractivity contribution is 0.340. The van der Waals surface area contributed by atoms with Crippen molar-refractivity contribution in [1.82, 2.24) is 15.0 Å². The molecule has 6 nitrogen and oxygen atoms in total. The van der Waals surface area contributed by atoms with Crippen LogP contribution in [0.1, 0.15) is 6.92 Å². The minimum absolute atomic E-state index is 0.101. The Labute approximate surface area is 102 Å². The zero-order chi connectivity index (χ0) is 12.7. The summed E-state index contributed by atoms with van der Waals surface area (Å²) in [5.41, 5.74) is 6.56. The molecule has 1 aromatic carbocycles. The third-order valence-corrected chi connectivity index (χ3v) is 2.76. The molecule has 4 N–H and O–H groups in total. The number of benzene rings is 1. The lowest BCUT2D eigenvalue weighted by atomic mass is 10.2. The first-order valence-corrected chi connectivity index (χ1v) is 5.63. The molecule has 0 aliphatic carbocycles. The highest BCUT2D eigenvalue weighted by Gasteiger charge is 2.10. The number of nitrogens with one attached hydrogen (secondary N) is 2. The minimum Gasteiger partial charge on any atom is -0.494 e. The zero-order valence-corrected chi connectivity index (χ0v) is 9.78. The van der Waals surface area contributed by atoms with Crippen LogP contribution in [0, 0.1) is 0 Å². The highest BCUT2D eigenvalue weighted by atomic mass is 16.5. The first-order valence-electron chi connectivity index (χ1n) is 5.63. The second kappa shape index (κ2) is 3.76. The Balaban J connectivity index is 2.36. The molecule has 0 saturated heterocycles. The maximum Gasteiger partial charge on any atom is 0.262 e. The Kier molecular flexibility index (Phi) is 2.22. The predicted molar refractivity (Wildman–Crippen MR) is 69.8 cm³/mol. The van der Waals surface area contributed by atoms with E-state index in [-0.39, 0.29) is 11.5 Å². The lowest BCUT2D eigenvalue weighted by Gasteiger charge is -2.01. The van der Waals surface area contributed by atoms with E-state index < -0.39 is 0 Å². The summed E-state index contributed by atoms with van der Waals surface area (Å²) in [4.78, 5) is 21.5. The average molecular weight is 244 g/mol. The third-order valence-electron chi connectivity index (χ3n) is 2.76. The van der Waals surface area contributed by atoms with E-state index in [2.05, 4.69) is 15.0 Å². The first-order chi connectivity index (χ1) is 8.69. The Morgan fingerprint density at radius 2 is 2.22 bits per heavy atom. The van der Waals surface area contributed by atoms with Crippen LogP contribution < -0.4 is 16.0 Å². The van der Waals surface area contributed by atoms with Crippen molar-refractivity contribution in [1.29, 1.82) is 0 Å². The number of H-pyrrole nitrogens is 2. The van der Waals surface area contributed by atoms with Crippen LogP contribution in [0.3, 0.4) is 0 Å². The molecular weight excluding hydrogens is 232 g/mol. The number of ether oxygens (including phenoxy) is 1. The molecule has 18 heavy (non-hydrogen) atoms. The number of hydrogen-bond acceptors (Lipinski definition) is 4. The number of nitrogens with zero attached hydrogens (tertiary/aromatic N) is 1. The van der Waals surface area contributed by atoms with E-state index in [9.17, 15) is 4.79 Å². The number of nitrogen functional groups attached to an aromatic ring is 1. The topological polar surface area (TPSA) is 96.8 Å². The van der Waals surface area contributed by atoms with Gasteiger partial charge in [-0.15, -0.1) is 0 Å². The van der Waals surface area contributed by atoms with E-state index in [1.165, 1.54) is 0 Å². The molecule has 2 heterocycles. The molecule has 3 rings (SSSR count). The second-order valence-electron chi connectivity index (χ2n) is 3.94. The van der Waals surface area contributed by atoms with Gasteiger partial charge in [-0.25, -0.2) is 0 Å². The fourth-order valence-corrected chi connectivity index (χ4v) is 2.06. The molecule has 0 spiro atoms. The molecule has 0 saturated carbocycles. The van der Waals surface area contributed by atoms with Crippen LogP contribution in [-0.2, 0) is 0 Å².